The number of methoxy groups -OCH3 is 1. The van der Waals surface area contributed by atoms with Gasteiger partial charge in [0.2, 0.25) is 0 Å². The number of nitrogens with zero attached hydrogens (tertiary/aromatic N) is 2. The van der Waals surface area contributed by atoms with Crippen LogP contribution in [0.3, 0.4) is 0 Å². The van der Waals surface area contributed by atoms with Crippen LogP contribution < -0.4 is 9.46 Å². The number of hydrogen-bond acceptors (Lipinski definition) is 6. The second-order valence-electron chi connectivity index (χ2n) is 4.19. The molecule has 0 amide bonds. The van der Waals surface area contributed by atoms with Gasteiger partial charge in [0.1, 0.15) is 0 Å². The summed E-state index contributed by atoms with van der Waals surface area (Å²) in [6, 6.07) is 6.56. The van der Waals surface area contributed by atoms with Crippen LogP contribution in [0.5, 0.6) is 5.75 Å². The van der Waals surface area contributed by atoms with Gasteiger partial charge < -0.3 is 4.74 Å². The molecule has 8 heteroatoms. The fourth-order valence-electron chi connectivity index (χ4n) is 1.58. The number of hydrogen-bond donors (Lipinski definition) is 1. The molecule has 0 fully saturated rings. The number of aromatic nitrogens is 2. The molecule has 2 rings (SSSR count). The second-order valence-corrected chi connectivity index (χ2v) is 6.65. The molecule has 112 valence electrons. The Hall–Kier alpha value is -1.80. The van der Waals surface area contributed by atoms with Crippen LogP contribution in [0, 0.1) is 6.92 Å². The number of sulfonamides is 1. The van der Waals surface area contributed by atoms with Crippen LogP contribution in [0.4, 0.5) is 5.82 Å². The fourth-order valence-corrected chi connectivity index (χ4v) is 2.93. The zero-order valence-corrected chi connectivity index (χ0v) is 13.5. The first-order valence-electron chi connectivity index (χ1n) is 6.01. The van der Waals surface area contributed by atoms with E-state index < -0.39 is 10.0 Å². The Morgan fingerprint density at radius 3 is 2.48 bits per heavy atom. The lowest BCUT2D eigenvalue weighted by Crippen LogP contribution is -2.15. The highest BCUT2D eigenvalue weighted by Gasteiger charge is 2.18. The minimum atomic E-state index is -3.72. The molecule has 0 spiro atoms. The van der Waals surface area contributed by atoms with Crippen LogP contribution in [-0.2, 0) is 10.0 Å². The summed E-state index contributed by atoms with van der Waals surface area (Å²) in [7, 11) is -2.29. The standard InChI is InChI=1S/C13H15N3O3S2/c1-9-4-6-10(7-5-9)21(17,18)16-12-11(19-2)8-14-13(15-12)20-3/h4-8H,1-3H3,(H,14,15,16). The van der Waals surface area contributed by atoms with Crippen LogP contribution in [0.25, 0.3) is 0 Å². The van der Waals surface area contributed by atoms with E-state index in [2.05, 4.69) is 14.7 Å². The SMILES string of the molecule is COc1cnc(SC)nc1NS(=O)(=O)c1ccc(C)cc1. The van der Waals surface area contributed by atoms with Gasteiger partial charge in [-0.15, -0.1) is 0 Å². The molecule has 0 saturated heterocycles. The van der Waals surface area contributed by atoms with Crippen LogP contribution in [0.2, 0.25) is 0 Å². The topological polar surface area (TPSA) is 81.2 Å². The van der Waals surface area contributed by atoms with Gasteiger partial charge in [-0.3, -0.25) is 4.72 Å². The largest absolute Gasteiger partial charge is 0.491 e. The first-order valence-corrected chi connectivity index (χ1v) is 8.71. The van der Waals surface area contributed by atoms with Crippen molar-refractivity contribution in [1.29, 1.82) is 0 Å². The van der Waals surface area contributed by atoms with Gasteiger partial charge in [0, 0.05) is 0 Å². The molecule has 0 saturated carbocycles. The average molecular weight is 325 g/mol. The van der Waals surface area contributed by atoms with E-state index in [4.69, 9.17) is 4.74 Å². The molecule has 0 bridgehead atoms. The Balaban J connectivity index is 2.38. The molecule has 0 aliphatic carbocycles. The lowest BCUT2D eigenvalue weighted by atomic mass is 10.2. The van der Waals surface area contributed by atoms with E-state index in [0.29, 0.717) is 5.16 Å². The van der Waals surface area contributed by atoms with E-state index >= 15 is 0 Å². The molecule has 21 heavy (non-hydrogen) atoms. The molecule has 1 heterocycles. The minimum Gasteiger partial charge on any atom is -0.491 e. The molecule has 1 aromatic carbocycles. The summed E-state index contributed by atoms with van der Waals surface area (Å²) < 4.78 is 32.2. The molecule has 0 aliphatic heterocycles. The summed E-state index contributed by atoms with van der Waals surface area (Å²) in [6.07, 6.45) is 3.24. The molecule has 2 aromatic rings. The fraction of sp³-hybridized carbons (Fsp3) is 0.231. The number of aryl methyl sites for hydroxylation is 1. The number of anilines is 1. The van der Waals surface area contributed by atoms with E-state index in [-0.39, 0.29) is 16.5 Å². The summed E-state index contributed by atoms with van der Waals surface area (Å²) in [6.45, 7) is 1.89. The number of benzene rings is 1. The lowest BCUT2D eigenvalue weighted by Gasteiger charge is -2.11. The Kier molecular flexibility index (Phi) is 4.69. The summed E-state index contributed by atoms with van der Waals surface area (Å²) in [5.74, 6) is 0.390. The first-order chi connectivity index (χ1) is 9.96. The van der Waals surface area contributed by atoms with Gasteiger partial charge in [0.25, 0.3) is 10.0 Å². The third-order valence-corrected chi connectivity index (χ3v) is 4.61. The molecule has 1 N–H and O–H groups in total. The molecule has 0 radical (unpaired) electrons. The van der Waals surface area contributed by atoms with Crippen LogP contribution >= 0.6 is 11.8 Å². The third kappa shape index (κ3) is 3.64. The van der Waals surface area contributed by atoms with E-state index in [1.54, 1.807) is 30.5 Å². The zero-order chi connectivity index (χ0) is 15.5. The predicted molar refractivity (Wildman–Crippen MR) is 82.4 cm³/mol. The van der Waals surface area contributed by atoms with Crippen molar-refractivity contribution in [2.45, 2.75) is 17.0 Å². The number of thioether (sulfide) groups is 1. The van der Waals surface area contributed by atoms with Crippen LogP contribution in [0.15, 0.2) is 40.5 Å². The van der Waals surface area contributed by atoms with Crippen molar-refractivity contribution in [2.75, 3.05) is 18.1 Å². The quantitative estimate of drug-likeness (QED) is 0.671. The van der Waals surface area contributed by atoms with E-state index in [1.165, 1.54) is 25.1 Å². The number of rotatable bonds is 5. The molecule has 0 aliphatic rings. The maximum absolute atomic E-state index is 12.3. The van der Waals surface area contributed by atoms with Gasteiger partial charge in [-0.2, -0.15) is 0 Å². The normalized spacial score (nSPS) is 11.2. The maximum atomic E-state index is 12.3. The predicted octanol–water partition coefficient (Wildman–Crippen LogP) is 2.32. The van der Waals surface area contributed by atoms with Gasteiger partial charge in [-0.05, 0) is 25.3 Å². The Morgan fingerprint density at radius 2 is 1.90 bits per heavy atom. The lowest BCUT2D eigenvalue weighted by molar-refractivity contribution is 0.412. The molecular weight excluding hydrogens is 310 g/mol. The Labute approximate surface area is 128 Å². The molecule has 0 atom stereocenters. The number of ether oxygens (including phenoxy) is 1. The van der Waals surface area contributed by atoms with Crippen LogP contribution in [-0.4, -0.2) is 31.8 Å². The van der Waals surface area contributed by atoms with Gasteiger partial charge in [-0.1, -0.05) is 29.5 Å². The molecular formula is C13H15N3O3S2. The van der Waals surface area contributed by atoms with Crippen molar-refractivity contribution >= 4 is 27.6 Å². The highest BCUT2D eigenvalue weighted by Crippen LogP contribution is 2.25. The molecule has 0 unspecified atom stereocenters. The number of nitrogens with one attached hydrogen (secondary N) is 1. The van der Waals surface area contributed by atoms with Crippen molar-refractivity contribution in [3.8, 4) is 5.75 Å². The van der Waals surface area contributed by atoms with Gasteiger partial charge in [0.05, 0.1) is 18.2 Å². The monoisotopic (exact) mass is 325 g/mol. The zero-order valence-electron chi connectivity index (χ0n) is 11.8. The summed E-state index contributed by atoms with van der Waals surface area (Å²) >= 11 is 1.31. The smallest absolute Gasteiger partial charge is 0.263 e. The minimum absolute atomic E-state index is 0.123. The van der Waals surface area contributed by atoms with Crippen molar-refractivity contribution < 1.29 is 13.2 Å². The van der Waals surface area contributed by atoms with Gasteiger partial charge in [-0.25, -0.2) is 18.4 Å². The van der Waals surface area contributed by atoms with E-state index in [9.17, 15) is 8.42 Å². The van der Waals surface area contributed by atoms with Crippen molar-refractivity contribution in [1.82, 2.24) is 9.97 Å². The van der Waals surface area contributed by atoms with Crippen molar-refractivity contribution in [2.24, 2.45) is 0 Å². The van der Waals surface area contributed by atoms with Crippen LogP contribution in [0.1, 0.15) is 5.56 Å². The molecule has 1 aromatic heterocycles. The van der Waals surface area contributed by atoms with Crippen molar-refractivity contribution in [3.05, 3.63) is 36.0 Å². The van der Waals surface area contributed by atoms with Crippen molar-refractivity contribution in [3.63, 3.8) is 0 Å². The summed E-state index contributed by atoms with van der Waals surface area (Å²) in [4.78, 5) is 8.33. The highest BCUT2D eigenvalue weighted by atomic mass is 32.2. The third-order valence-electron chi connectivity index (χ3n) is 2.70. The molecule has 6 nitrogen and oxygen atoms in total. The summed E-state index contributed by atoms with van der Waals surface area (Å²) in [5, 5.41) is 0.456. The average Bonchev–Trinajstić information content (AvgIpc) is 2.47. The van der Waals surface area contributed by atoms with Gasteiger partial charge in [0.15, 0.2) is 16.7 Å². The first kappa shape index (κ1) is 15.6. The summed E-state index contributed by atoms with van der Waals surface area (Å²) in [5.41, 5.74) is 0.984. The van der Waals surface area contributed by atoms with E-state index in [0.717, 1.165) is 5.56 Å². The Morgan fingerprint density at radius 1 is 1.24 bits per heavy atom. The van der Waals surface area contributed by atoms with E-state index in [1.807, 2.05) is 6.92 Å². The highest BCUT2D eigenvalue weighted by molar-refractivity contribution is 7.98. The second kappa shape index (κ2) is 6.31. The van der Waals surface area contributed by atoms with Gasteiger partial charge >= 0.3 is 0 Å². The Bertz CT molecular complexity index is 731. The maximum Gasteiger partial charge on any atom is 0.263 e.